The third kappa shape index (κ3) is 6.88. The molecule has 0 radical (unpaired) electrons. The maximum Gasteiger partial charge on any atom is 0.311 e. The lowest BCUT2D eigenvalue weighted by molar-refractivity contribution is -0.140. The molecule has 27 heavy (non-hydrogen) atoms. The van der Waals surface area contributed by atoms with Crippen molar-refractivity contribution in [3.05, 3.63) is 35.4 Å². The molecule has 0 aliphatic rings. The number of imidazole rings is 2. The molecule has 0 spiro atoms. The van der Waals surface area contributed by atoms with Gasteiger partial charge in [-0.25, -0.2) is 9.97 Å². The second kappa shape index (κ2) is 11.9. The monoisotopic (exact) mass is 380 g/mol. The van der Waals surface area contributed by atoms with Crippen molar-refractivity contribution in [2.75, 3.05) is 14.2 Å². The Labute approximate surface area is 161 Å². The van der Waals surface area contributed by atoms with Gasteiger partial charge >= 0.3 is 11.9 Å². The van der Waals surface area contributed by atoms with E-state index in [1.807, 2.05) is 36.8 Å². The van der Waals surface area contributed by atoms with Crippen molar-refractivity contribution >= 4 is 11.9 Å². The molecule has 0 unspecified atom stereocenters. The van der Waals surface area contributed by atoms with Crippen LogP contribution in [0.2, 0.25) is 0 Å². The van der Waals surface area contributed by atoms with Crippen molar-refractivity contribution < 1.29 is 19.1 Å². The van der Waals surface area contributed by atoms with E-state index in [0.717, 1.165) is 35.9 Å². The van der Waals surface area contributed by atoms with Gasteiger partial charge in [-0.3, -0.25) is 9.59 Å². The second-order valence-electron chi connectivity index (χ2n) is 5.63. The summed E-state index contributed by atoms with van der Waals surface area (Å²) in [6, 6.07) is 0. The predicted molar refractivity (Wildman–Crippen MR) is 103 cm³/mol. The van der Waals surface area contributed by atoms with Crippen LogP contribution in [0.3, 0.4) is 0 Å². The average molecular weight is 380 g/mol. The summed E-state index contributed by atoms with van der Waals surface area (Å²) in [5, 5.41) is 0. The Morgan fingerprint density at radius 1 is 0.926 bits per heavy atom. The van der Waals surface area contributed by atoms with Crippen LogP contribution in [-0.2, 0) is 45.0 Å². The second-order valence-corrected chi connectivity index (χ2v) is 5.63. The maximum atomic E-state index is 11.0. The first kappa shape index (κ1) is 24.4. The normalized spacial score (nSPS) is 9.70. The van der Waals surface area contributed by atoms with Crippen molar-refractivity contribution in [3.8, 4) is 0 Å². The van der Waals surface area contributed by atoms with Crippen LogP contribution < -0.4 is 0 Å². The van der Waals surface area contributed by atoms with E-state index in [9.17, 15) is 9.59 Å². The topological polar surface area (TPSA) is 88.2 Å². The molecular formula is C19H32N4O4. The fourth-order valence-electron chi connectivity index (χ4n) is 2.41. The zero-order valence-corrected chi connectivity index (χ0v) is 16.4. The molecule has 2 rings (SSSR count). The molecule has 0 aliphatic heterocycles. The van der Waals surface area contributed by atoms with Crippen molar-refractivity contribution in [1.29, 1.82) is 0 Å². The number of hydrogen-bond acceptors (Lipinski definition) is 6. The molecule has 0 saturated carbocycles. The van der Waals surface area contributed by atoms with E-state index < -0.39 is 0 Å². The summed E-state index contributed by atoms with van der Waals surface area (Å²) < 4.78 is 13.1. The Morgan fingerprint density at radius 3 is 1.93 bits per heavy atom. The molecule has 0 fully saturated rings. The number of aromatic nitrogens is 4. The van der Waals surface area contributed by atoms with Gasteiger partial charge in [0.2, 0.25) is 0 Å². The number of ether oxygens (including phenoxy) is 2. The molecule has 8 nitrogen and oxygen atoms in total. The molecule has 0 atom stereocenters. The number of rotatable bonds is 6. The molecule has 0 amide bonds. The number of methoxy groups -OCH3 is 2. The summed E-state index contributed by atoms with van der Waals surface area (Å²) >= 11 is 0. The lowest BCUT2D eigenvalue weighted by Crippen LogP contribution is -2.10. The van der Waals surface area contributed by atoms with Gasteiger partial charge in [-0.1, -0.05) is 7.43 Å². The number of esters is 2. The lowest BCUT2D eigenvalue weighted by atomic mass is 10.2. The van der Waals surface area contributed by atoms with E-state index in [-0.39, 0.29) is 25.8 Å². The minimum absolute atomic E-state index is 0. The zero-order chi connectivity index (χ0) is 19.7. The quantitative estimate of drug-likeness (QED) is 0.716. The van der Waals surface area contributed by atoms with Gasteiger partial charge in [-0.2, -0.15) is 0 Å². The van der Waals surface area contributed by atoms with E-state index >= 15 is 0 Å². The third-order valence-electron chi connectivity index (χ3n) is 4.12. The highest BCUT2D eigenvalue weighted by molar-refractivity contribution is 5.72. The molecule has 0 N–H and O–H groups in total. The van der Waals surface area contributed by atoms with Crippen LogP contribution in [0.1, 0.15) is 44.0 Å². The number of carbonyl (C=O) groups excluding carboxylic acids is 2. The first-order valence-corrected chi connectivity index (χ1v) is 8.52. The van der Waals surface area contributed by atoms with Crippen molar-refractivity contribution in [3.63, 3.8) is 0 Å². The molecule has 0 aromatic carbocycles. The minimum Gasteiger partial charge on any atom is -0.469 e. The van der Waals surface area contributed by atoms with E-state index in [1.165, 1.54) is 14.2 Å². The molecule has 2 aromatic heterocycles. The first-order valence-electron chi connectivity index (χ1n) is 8.52. The zero-order valence-electron chi connectivity index (χ0n) is 16.4. The molecular weight excluding hydrogens is 348 g/mol. The average Bonchev–Trinajstić information content (AvgIpc) is 3.18. The maximum absolute atomic E-state index is 11.0. The van der Waals surface area contributed by atoms with Crippen LogP contribution in [-0.4, -0.2) is 45.3 Å². The van der Waals surface area contributed by atoms with Gasteiger partial charge in [0.15, 0.2) is 0 Å². The van der Waals surface area contributed by atoms with Gasteiger partial charge < -0.3 is 18.6 Å². The Bertz CT molecular complexity index is 734. The van der Waals surface area contributed by atoms with Gasteiger partial charge in [0, 0.05) is 18.8 Å². The SMILES string of the molecule is C.CCn1cnc(C)c1CC(=O)OC.CCn1cnc(CC(=O)OC)c1C. The summed E-state index contributed by atoms with van der Waals surface area (Å²) in [5.41, 5.74) is 3.67. The molecule has 2 heterocycles. The summed E-state index contributed by atoms with van der Waals surface area (Å²) in [5.74, 6) is -0.470. The number of aryl methyl sites for hydroxylation is 3. The Balaban J connectivity index is 0.000000483. The molecule has 0 saturated heterocycles. The molecule has 0 bridgehead atoms. The molecule has 0 aliphatic carbocycles. The predicted octanol–water partition coefficient (Wildman–Crippen LogP) is 2.49. The van der Waals surface area contributed by atoms with Crippen molar-refractivity contribution in [1.82, 2.24) is 19.1 Å². The van der Waals surface area contributed by atoms with Crippen LogP contribution in [0.4, 0.5) is 0 Å². The Morgan fingerprint density at radius 2 is 1.44 bits per heavy atom. The van der Waals surface area contributed by atoms with Crippen LogP contribution in [0, 0.1) is 13.8 Å². The summed E-state index contributed by atoms with van der Waals surface area (Å²) in [7, 11) is 2.78. The van der Waals surface area contributed by atoms with Gasteiger partial charge in [-0.05, 0) is 27.7 Å². The first-order chi connectivity index (χ1) is 12.4. The highest BCUT2D eigenvalue weighted by Crippen LogP contribution is 2.08. The Hall–Kier alpha value is -2.64. The summed E-state index contributed by atoms with van der Waals surface area (Å²) in [6.45, 7) is 9.60. The van der Waals surface area contributed by atoms with Crippen LogP contribution in [0.5, 0.6) is 0 Å². The Kier molecular flexibility index (Phi) is 10.7. The smallest absolute Gasteiger partial charge is 0.311 e. The fourth-order valence-corrected chi connectivity index (χ4v) is 2.41. The molecule has 152 valence electrons. The third-order valence-corrected chi connectivity index (χ3v) is 4.12. The van der Waals surface area contributed by atoms with E-state index in [0.29, 0.717) is 6.42 Å². The van der Waals surface area contributed by atoms with Gasteiger partial charge in [0.25, 0.3) is 0 Å². The van der Waals surface area contributed by atoms with Crippen LogP contribution in [0.15, 0.2) is 12.7 Å². The standard InChI is InChI=1S/2C9H14N2O2.CH4/c1-4-11-6-10-8(7(11)2)5-9(12)13-3;1-4-11-6-10-7(2)8(11)5-9(12)13-3;/h2*6H,4-5H2,1-3H3;1H4. The minimum atomic E-state index is -0.246. The lowest BCUT2D eigenvalue weighted by Gasteiger charge is -2.04. The largest absolute Gasteiger partial charge is 0.469 e. The van der Waals surface area contributed by atoms with Crippen LogP contribution >= 0.6 is 0 Å². The van der Waals surface area contributed by atoms with Crippen molar-refractivity contribution in [2.45, 2.75) is 61.1 Å². The van der Waals surface area contributed by atoms with Crippen molar-refractivity contribution in [2.24, 2.45) is 0 Å². The van der Waals surface area contributed by atoms with E-state index in [1.54, 1.807) is 12.7 Å². The highest BCUT2D eigenvalue weighted by atomic mass is 16.5. The molecule has 8 heteroatoms. The number of carbonyl (C=O) groups is 2. The van der Waals surface area contributed by atoms with E-state index in [4.69, 9.17) is 0 Å². The van der Waals surface area contributed by atoms with Gasteiger partial charge in [-0.15, -0.1) is 0 Å². The number of hydrogen-bond donors (Lipinski definition) is 0. The number of nitrogens with zero attached hydrogens (tertiary/aromatic N) is 4. The van der Waals surface area contributed by atoms with E-state index in [2.05, 4.69) is 19.4 Å². The summed E-state index contributed by atoms with van der Waals surface area (Å²) in [4.78, 5) is 30.3. The van der Waals surface area contributed by atoms with Gasteiger partial charge in [0.1, 0.15) is 0 Å². The van der Waals surface area contributed by atoms with Crippen LogP contribution in [0.25, 0.3) is 0 Å². The summed E-state index contributed by atoms with van der Waals surface area (Å²) in [6.07, 6.45) is 4.05. The molecule has 2 aromatic rings. The fraction of sp³-hybridized carbons (Fsp3) is 0.579. The van der Waals surface area contributed by atoms with Gasteiger partial charge in [0.05, 0.1) is 56.8 Å². The highest BCUT2D eigenvalue weighted by Gasteiger charge is 2.11.